The molecule has 0 bridgehead atoms. The van der Waals surface area contributed by atoms with Gasteiger partial charge in [-0.1, -0.05) is 18.2 Å². The summed E-state index contributed by atoms with van der Waals surface area (Å²) < 4.78 is 0. The van der Waals surface area contributed by atoms with Crippen LogP contribution in [0.4, 0.5) is 5.69 Å². The van der Waals surface area contributed by atoms with Gasteiger partial charge >= 0.3 is 0 Å². The van der Waals surface area contributed by atoms with E-state index in [0.717, 1.165) is 68.2 Å². The first-order valence-electron chi connectivity index (χ1n) is 11.2. The predicted molar refractivity (Wildman–Crippen MR) is 126 cm³/mol. The second kappa shape index (κ2) is 9.83. The molecule has 0 unspecified atom stereocenters. The first-order valence-corrected chi connectivity index (χ1v) is 12.1. The second-order valence-corrected chi connectivity index (χ2v) is 9.60. The van der Waals surface area contributed by atoms with Gasteiger partial charge in [0.2, 0.25) is 0 Å². The first kappa shape index (κ1) is 21.8. The zero-order valence-corrected chi connectivity index (χ0v) is 19.2. The fourth-order valence-electron chi connectivity index (χ4n) is 4.47. The average molecular weight is 441 g/mol. The highest BCUT2D eigenvalue weighted by Crippen LogP contribution is 2.26. The molecular weight excluding hydrogens is 408 g/mol. The van der Waals surface area contributed by atoms with Gasteiger partial charge in [-0.2, -0.15) is 0 Å². The number of carbonyl (C=O) groups excluding carboxylic acids is 2. The summed E-state index contributed by atoms with van der Waals surface area (Å²) in [6.45, 7) is 9.51. The topological polar surface area (TPSA) is 55.9 Å². The van der Waals surface area contributed by atoms with Crippen molar-refractivity contribution in [1.82, 2.24) is 15.1 Å². The zero-order chi connectivity index (χ0) is 21.8. The number of amides is 2. The number of thiophene rings is 1. The van der Waals surface area contributed by atoms with Crippen LogP contribution in [0.15, 0.2) is 41.8 Å². The summed E-state index contributed by atoms with van der Waals surface area (Å²) in [5.41, 5.74) is 1.81. The Morgan fingerprint density at radius 2 is 1.68 bits per heavy atom. The molecule has 2 aliphatic heterocycles. The highest BCUT2D eigenvalue weighted by molar-refractivity contribution is 7.12. The zero-order valence-electron chi connectivity index (χ0n) is 18.4. The van der Waals surface area contributed by atoms with Crippen molar-refractivity contribution in [3.8, 4) is 0 Å². The third kappa shape index (κ3) is 5.10. The second-order valence-electron chi connectivity index (χ2n) is 8.65. The van der Waals surface area contributed by atoms with Gasteiger partial charge in [-0.25, -0.2) is 0 Å². The third-order valence-corrected chi connectivity index (χ3v) is 7.25. The summed E-state index contributed by atoms with van der Waals surface area (Å²) in [5.74, 6) is 0.150. The van der Waals surface area contributed by atoms with E-state index in [2.05, 4.69) is 35.0 Å². The summed E-state index contributed by atoms with van der Waals surface area (Å²) in [4.78, 5) is 33.1. The van der Waals surface area contributed by atoms with Crippen LogP contribution in [0.2, 0.25) is 0 Å². The molecule has 4 rings (SSSR count). The van der Waals surface area contributed by atoms with Gasteiger partial charge in [0.1, 0.15) is 0 Å². The van der Waals surface area contributed by atoms with Crippen LogP contribution < -0.4 is 10.2 Å². The van der Waals surface area contributed by atoms with E-state index in [1.165, 1.54) is 11.3 Å². The van der Waals surface area contributed by atoms with Crippen LogP contribution in [-0.2, 0) is 0 Å². The molecule has 0 spiro atoms. The minimum atomic E-state index is 0.0181. The van der Waals surface area contributed by atoms with E-state index in [-0.39, 0.29) is 17.9 Å². The van der Waals surface area contributed by atoms with E-state index in [4.69, 9.17) is 0 Å². The number of benzene rings is 1. The summed E-state index contributed by atoms with van der Waals surface area (Å²) in [5, 5.41) is 5.09. The maximum Gasteiger partial charge on any atom is 0.261 e. The van der Waals surface area contributed by atoms with Gasteiger partial charge in [-0.3, -0.25) is 14.5 Å². The smallest absolute Gasteiger partial charge is 0.261 e. The number of para-hydroxylation sites is 1. The van der Waals surface area contributed by atoms with E-state index in [0.29, 0.717) is 6.04 Å². The Morgan fingerprint density at radius 3 is 2.32 bits per heavy atom. The standard InChI is InChI=1S/C24H32N4O2S/c1-18(2)26-13-15-28(16-14-26)24(30)20-6-3-4-7-21(20)27-11-9-19(10-12-27)25-23(29)22-8-5-17-31-22/h3-8,17-19H,9-16H2,1-2H3,(H,25,29). The molecule has 0 radical (unpaired) electrons. The molecule has 3 heterocycles. The Balaban J connectivity index is 1.37. The summed E-state index contributed by atoms with van der Waals surface area (Å²) in [6.07, 6.45) is 1.76. The number of nitrogens with zero attached hydrogens (tertiary/aromatic N) is 3. The lowest BCUT2D eigenvalue weighted by atomic mass is 10.0. The molecule has 0 aliphatic carbocycles. The highest BCUT2D eigenvalue weighted by Gasteiger charge is 2.28. The molecule has 2 aromatic rings. The first-order chi connectivity index (χ1) is 15.0. The largest absolute Gasteiger partial charge is 0.371 e. The fourth-order valence-corrected chi connectivity index (χ4v) is 5.10. The molecule has 6 nitrogen and oxygen atoms in total. The molecule has 1 N–H and O–H groups in total. The molecular formula is C24H32N4O2S. The van der Waals surface area contributed by atoms with E-state index < -0.39 is 0 Å². The van der Waals surface area contributed by atoms with E-state index in [1.807, 2.05) is 40.6 Å². The van der Waals surface area contributed by atoms with Crippen molar-refractivity contribution in [2.45, 2.75) is 38.8 Å². The summed E-state index contributed by atoms with van der Waals surface area (Å²) in [7, 11) is 0. The summed E-state index contributed by atoms with van der Waals surface area (Å²) >= 11 is 1.47. The quantitative estimate of drug-likeness (QED) is 0.775. The monoisotopic (exact) mass is 440 g/mol. The van der Waals surface area contributed by atoms with Crippen molar-refractivity contribution in [2.75, 3.05) is 44.2 Å². The molecule has 0 atom stereocenters. The molecule has 2 amide bonds. The predicted octanol–water partition coefficient (Wildman–Crippen LogP) is 3.31. The third-order valence-electron chi connectivity index (χ3n) is 6.38. The Hall–Kier alpha value is -2.38. The van der Waals surface area contributed by atoms with Crippen molar-refractivity contribution in [2.24, 2.45) is 0 Å². The number of hydrogen-bond acceptors (Lipinski definition) is 5. The maximum atomic E-state index is 13.3. The number of rotatable bonds is 5. The molecule has 1 aromatic carbocycles. The number of piperidine rings is 1. The van der Waals surface area contributed by atoms with Gasteiger partial charge in [0.25, 0.3) is 11.8 Å². The normalized spacial score (nSPS) is 18.4. The number of anilines is 1. The molecule has 2 aliphatic rings. The molecule has 0 saturated carbocycles. The number of hydrogen-bond donors (Lipinski definition) is 1. The number of nitrogens with one attached hydrogen (secondary N) is 1. The SMILES string of the molecule is CC(C)N1CCN(C(=O)c2ccccc2N2CCC(NC(=O)c3cccs3)CC2)CC1. The van der Waals surface area contributed by atoms with Crippen LogP contribution in [0.3, 0.4) is 0 Å². The molecule has 166 valence electrons. The van der Waals surface area contributed by atoms with Crippen molar-refractivity contribution < 1.29 is 9.59 Å². The molecule has 1 aromatic heterocycles. The lowest BCUT2D eigenvalue weighted by Crippen LogP contribution is -2.51. The Morgan fingerprint density at radius 1 is 0.968 bits per heavy atom. The lowest BCUT2D eigenvalue weighted by molar-refractivity contribution is 0.0596. The maximum absolute atomic E-state index is 13.3. The van der Waals surface area contributed by atoms with E-state index in [9.17, 15) is 9.59 Å². The molecule has 2 saturated heterocycles. The highest BCUT2D eigenvalue weighted by atomic mass is 32.1. The van der Waals surface area contributed by atoms with Gasteiger partial charge in [-0.05, 0) is 50.3 Å². The van der Waals surface area contributed by atoms with Crippen LogP contribution >= 0.6 is 11.3 Å². The number of piperazine rings is 1. The van der Waals surface area contributed by atoms with Crippen molar-refractivity contribution >= 4 is 28.8 Å². The molecule has 7 heteroatoms. The van der Waals surface area contributed by atoms with Crippen molar-refractivity contribution in [3.05, 3.63) is 52.2 Å². The van der Waals surface area contributed by atoms with Crippen LogP contribution in [0.25, 0.3) is 0 Å². The minimum Gasteiger partial charge on any atom is -0.371 e. The molecule has 31 heavy (non-hydrogen) atoms. The van der Waals surface area contributed by atoms with Gasteiger partial charge in [0.15, 0.2) is 0 Å². The fraction of sp³-hybridized carbons (Fsp3) is 0.500. The molecule has 2 fully saturated rings. The average Bonchev–Trinajstić information content (AvgIpc) is 3.34. The van der Waals surface area contributed by atoms with E-state index >= 15 is 0 Å². The van der Waals surface area contributed by atoms with Gasteiger partial charge in [0.05, 0.1) is 10.4 Å². The van der Waals surface area contributed by atoms with Crippen LogP contribution in [0.5, 0.6) is 0 Å². The van der Waals surface area contributed by atoms with Gasteiger partial charge in [0, 0.05) is 57.0 Å². The van der Waals surface area contributed by atoms with E-state index in [1.54, 1.807) is 0 Å². The van der Waals surface area contributed by atoms with Crippen molar-refractivity contribution in [3.63, 3.8) is 0 Å². The van der Waals surface area contributed by atoms with Gasteiger partial charge < -0.3 is 15.1 Å². The van der Waals surface area contributed by atoms with Crippen LogP contribution in [0, 0.1) is 0 Å². The minimum absolute atomic E-state index is 0.0181. The van der Waals surface area contributed by atoms with Crippen LogP contribution in [0.1, 0.15) is 46.7 Å². The van der Waals surface area contributed by atoms with Crippen molar-refractivity contribution in [1.29, 1.82) is 0 Å². The van der Waals surface area contributed by atoms with Gasteiger partial charge in [-0.15, -0.1) is 11.3 Å². The van der Waals surface area contributed by atoms with Crippen LogP contribution in [-0.4, -0.2) is 73.0 Å². The Kier molecular flexibility index (Phi) is 6.92. The Bertz CT molecular complexity index is 883. The lowest BCUT2D eigenvalue weighted by Gasteiger charge is -2.38. The Labute approximate surface area is 188 Å². The number of carbonyl (C=O) groups is 2. The summed E-state index contributed by atoms with van der Waals surface area (Å²) in [6, 6.07) is 12.4.